The molecule has 0 radical (unpaired) electrons. The lowest BCUT2D eigenvalue weighted by molar-refractivity contribution is -0.157. The Balaban J connectivity index is 2.25. The largest absolute Gasteiger partial charge is 0.466 e. The van der Waals surface area contributed by atoms with Gasteiger partial charge in [-0.2, -0.15) is 0 Å². The van der Waals surface area contributed by atoms with Gasteiger partial charge >= 0.3 is 11.9 Å². The van der Waals surface area contributed by atoms with E-state index in [1.807, 2.05) is 13.8 Å². The van der Waals surface area contributed by atoms with Crippen LogP contribution in [0, 0.1) is 10.8 Å². The van der Waals surface area contributed by atoms with E-state index in [0.29, 0.717) is 25.2 Å². The van der Waals surface area contributed by atoms with Crippen molar-refractivity contribution >= 4 is 11.9 Å². The first-order chi connectivity index (χ1) is 9.40. The molecule has 2 aliphatic rings. The standard InChI is InChI=1S/C16H24O4/c1-5-19-13(17)11(3)12-9-15(4,14(18)20-6-2)16(10-12)7-8-16/h5-10H2,1-4H3/b12-11+. The molecule has 0 bridgehead atoms. The van der Waals surface area contributed by atoms with E-state index in [2.05, 4.69) is 0 Å². The molecular weight excluding hydrogens is 256 g/mol. The second-order valence-electron chi connectivity index (χ2n) is 6.14. The average Bonchev–Trinajstić information content (AvgIpc) is 3.11. The molecule has 0 aromatic heterocycles. The van der Waals surface area contributed by atoms with Gasteiger partial charge in [-0.15, -0.1) is 0 Å². The first-order valence-electron chi connectivity index (χ1n) is 7.43. The lowest BCUT2D eigenvalue weighted by Crippen LogP contribution is -2.34. The third kappa shape index (κ3) is 2.25. The highest BCUT2D eigenvalue weighted by Crippen LogP contribution is 2.69. The lowest BCUT2D eigenvalue weighted by Gasteiger charge is -2.28. The number of hydrogen-bond donors (Lipinski definition) is 0. The summed E-state index contributed by atoms with van der Waals surface area (Å²) >= 11 is 0. The maximum absolute atomic E-state index is 12.3. The average molecular weight is 280 g/mol. The predicted molar refractivity (Wildman–Crippen MR) is 75.0 cm³/mol. The van der Waals surface area contributed by atoms with Gasteiger partial charge in [0.2, 0.25) is 0 Å². The summed E-state index contributed by atoms with van der Waals surface area (Å²) in [5, 5.41) is 0. The first kappa shape index (κ1) is 15.1. The van der Waals surface area contributed by atoms with Crippen molar-refractivity contribution in [1.82, 2.24) is 0 Å². The zero-order chi connectivity index (χ0) is 15.0. The van der Waals surface area contributed by atoms with Crippen LogP contribution in [0.3, 0.4) is 0 Å². The van der Waals surface area contributed by atoms with Gasteiger partial charge in [0, 0.05) is 5.57 Å². The quantitative estimate of drug-likeness (QED) is 0.587. The molecular formula is C16H24O4. The minimum Gasteiger partial charge on any atom is -0.466 e. The normalized spacial score (nSPS) is 29.2. The van der Waals surface area contributed by atoms with E-state index < -0.39 is 5.41 Å². The van der Waals surface area contributed by atoms with Crippen molar-refractivity contribution in [2.45, 2.75) is 53.4 Å². The number of esters is 2. The van der Waals surface area contributed by atoms with Crippen molar-refractivity contribution in [2.24, 2.45) is 10.8 Å². The molecule has 2 aliphatic carbocycles. The highest BCUT2D eigenvalue weighted by Gasteiger charge is 2.65. The molecule has 2 fully saturated rings. The number of rotatable bonds is 4. The summed E-state index contributed by atoms with van der Waals surface area (Å²) in [6.07, 6.45) is 3.54. The van der Waals surface area contributed by atoms with Crippen LogP contribution in [-0.4, -0.2) is 25.2 Å². The van der Waals surface area contributed by atoms with E-state index in [1.54, 1.807) is 13.8 Å². The Bertz CT molecular complexity index is 459. The fourth-order valence-electron chi connectivity index (χ4n) is 3.39. The third-order valence-electron chi connectivity index (χ3n) is 4.98. The Kier molecular flexibility index (Phi) is 3.94. The molecule has 0 aromatic rings. The van der Waals surface area contributed by atoms with Gasteiger partial charge in [-0.1, -0.05) is 5.57 Å². The van der Waals surface area contributed by atoms with Crippen LogP contribution in [0.25, 0.3) is 0 Å². The summed E-state index contributed by atoms with van der Waals surface area (Å²) in [4.78, 5) is 24.2. The molecule has 2 saturated carbocycles. The third-order valence-corrected chi connectivity index (χ3v) is 4.98. The smallest absolute Gasteiger partial charge is 0.333 e. The van der Waals surface area contributed by atoms with Crippen molar-refractivity contribution in [2.75, 3.05) is 13.2 Å². The molecule has 1 unspecified atom stereocenters. The van der Waals surface area contributed by atoms with Crippen molar-refractivity contribution in [1.29, 1.82) is 0 Å². The summed E-state index contributed by atoms with van der Waals surface area (Å²) in [5.74, 6) is -0.379. The number of carbonyl (C=O) groups excluding carboxylic acids is 2. The van der Waals surface area contributed by atoms with Gasteiger partial charge in [0.05, 0.1) is 18.6 Å². The minimum absolute atomic E-state index is 0.0162. The van der Waals surface area contributed by atoms with E-state index >= 15 is 0 Å². The molecule has 4 nitrogen and oxygen atoms in total. The van der Waals surface area contributed by atoms with E-state index in [9.17, 15) is 9.59 Å². The van der Waals surface area contributed by atoms with Crippen LogP contribution in [0.2, 0.25) is 0 Å². The molecule has 112 valence electrons. The molecule has 0 aliphatic heterocycles. The molecule has 0 amide bonds. The Morgan fingerprint density at radius 2 is 1.70 bits per heavy atom. The second-order valence-corrected chi connectivity index (χ2v) is 6.14. The van der Waals surface area contributed by atoms with Crippen LogP contribution >= 0.6 is 0 Å². The van der Waals surface area contributed by atoms with Gasteiger partial charge in [0.15, 0.2) is 0 Å². The monoisotopic (exact) mass is 280 g/mol. The van der Waals surface area contributed by atoms with Crippen LogP contribution in [0.1, 0.15) is 53.4 Å². The molecule has 0 saturated heterocycles. The van der Waals surface area contributed by atoms with E-state index in [-0.39, 0.29) is 17.4 Å². The van der Waals surface area contributed by atoms with Crippen molar-refractivity contribution < 1.29 is 19.1 Å². The lowest BCUT2D eigenvalue weighted by atomic mass is 9.77. The molecule has 20 heavy (non-hydrogen) atoms. The van der Waals surface area contributed by atoms with Gasteiger partial charge in [-0.3, -0.25) is 4.79 Å². The first-order valence-corrected chi connectivity index (χ1v) is 7.43. The van der Waals surface area contributed by atoms with Crippen LogP contribution in [0.5, 0.6) is 0 Å². The zero-order valence-corrected chi connectivity index (χ0v) is 12.9. The Morgan fingerprint density at radius 3 is 2.20 bits per heavy atom. The van der Waals surface area contributed by atoms with E-state index in [4.69, 9.17) is 9.47 Å². The van der Waals surface area contributed by atoms with Crippen molar-refractivity contribution in [3.63, 3.8) is 0 Å². The molecule has 1 atom stereocenters. The topological polar surface area (TPSA) is 52.6 Å². The molecule has 2 rings (SSSR count). The van der Waals surface area contributed by atoms with Gasteiger partial charge in [-0.05, 0) is 58.8 Å². The van der Waals surface area contributed by atoms with Gasteiger partial charge < -0.3 is 9.47 Å². The summed E-state index contributed by atoms with van der Waals surface area (Å²) in [6, 6.07) is 0. The maximum atomic E-state index is 12.3. The molecule has 4 heteroatoms. The van der Waals surface area contributed by atoms with Gasteiger partial charge in [0.25, 0.3) is 0 Å². The summed E-state index contributed by atoms with van der Waals surface area (Å²) < 4.78 is 10.3. The van der Waals surface area contributed by atoms with Crippen molar-refractivity contribution in [3.05, 3.63) is 11.1 Å². The molecule has 1 spiro atoms. The number of allylic oxidation sites excluding steroid dienone is 1. The fourth-order valence-corrected chi connectivity index (χ4v) is 3.39. The van der Waals surface area contributed by atoms with Gasteiger partial charge in [-0.25, -0.2) is 4.79 Å². The maximum Gasteiger partial charge on any atom is 0.333 e. The Morgan fingerprint density at radius 1 is 1.10 bits per heavy atom. The Labute approximate surface area is 120 Å². The molecule has 0 heterocycles. The predicted octanol–water partition coefficient (Wildman–Crippen LogP) is 3.01. The highest BCUT2D eigenvalue weighted by atomic mass is 16.5. The zero-order valence-electron chi connectivity index (χ0n) is 12.9. The summed E-state index contributed by atoms with van der Waals surface area (Å²) in [7, 11) is 0. The number of ether oxygens (including phenoxy) is 2. The SMILES string of the molecule is CCOC(=O)/C(C)=C1/CC2(CC2)C(C)(C(=O)OCC)C1. The highest BCUT2D eigenvalue weighted by molar-refractivity contribution is 5.89. The second kappa shape index (κ2) is 5.23. The summed E-state index contributed by atoms with van der Waals surface area (Å²) in [5.41, 5.74) is 1.27. The van der Waals surface area contributed by atoms with Crippen LogP contribution in [-0.2, 0) is 19.1 Å². The van der Waals surface area contributed by atoms with Crippen LogP contribution in [0.15, 0.2) is 11.1 Å². The molecule has 0 aromatic carbocycles. The fraction of sp³-hybridized carbons (Fsp3) is 0.750. The Hall–Kier alpha value is -1.32. The van der Waals surface area contributed by atoms with E-state index in [0.717, 1.165) is 24.8 Å². The van der Waals surface area contributed by atoms with Crippen molar-refractivity contribution in [3.8, 4) is 0 Å². The van der Waals surface area contributed by atoms with E-state index in [1.165, 1.54) is 0 Å². The van der Waals surface area contributed by atoms with Gasteiger partial charge in [0.1, 0.15) is 0 Å². The summed E-state index contributed by atoms with van der Waals surface area (Å²) in [6.45, 7) is 8.21. The van der Waals surface area contributed by atoms with Crippen LogP contribution < -0.4 is 0 Å². The minimum atomic E-state index is -0.480. The molecule has 0 N–H and O–H groups in total. The number of carbonyl (C=O) groups is 2. The van der Waals surface area contributed by atoms with Crippen LogP contribution in [0.4, 0.5) is 0 Å². The number of hydrogen-bond acceptors (Lipinski definition) is 4.